The molecule has 2 aromatic rings. The Morgan fingerprint density at radius 1 is 1.19 bits per heavy atom. The first-order chi connectivity index (χ1) is 12.5. The number of amides is 1. The number of carbonyl (C=O) groups excluding carboxylic acids is 1. The van der Waals surface area contributed by atoms with Gasteiger partial charge in [0.05, 0.1) is 0 Å². The summed E-state index contributed by atoms with van der Waals surface area (Å²) in [4.78, 5) is 24.8. The van der Waals surface area contributed by atoms with Gasteiger partial charge in [-0.05, 0) is 26.8 Å². The number of carbonyl (C=O) groups is 1. The number of nitrogens with zero attached hydrogens (tertiary/aromatic N) is 4. The summed E-state index contributed by atoms with van der Waals surface area (Å²) in [5.74, 6) is 0.213. The molecule has 2 heterocycles. The molecule has 0 saturated carbocycles. The Balaban J connectivity index is 2.14. The standard InChI is InChI=1S/C17H19N5O4S/c1-17(2,3)26-16(23)21-22(11-19-12-7-5-6-8-13(12)22)14-9-10-18-15(20-14)27(4,24)25/h5-11H,1-4H3/p+1. The zero-order valence-corrected chi connectivity index (χ0v) is 16.2. The smallest absolute Gasteiger partial charge is 0.441 e. The van der Waals surface area contributed by atoms with Crippen molar-refractivity contribution in [1.29, 1.82) is 0 Å². The maximum Gasteiger partial charge on any atom is 0.453 e. The van der Waals surface area contributed by atoms with Crippen LogP contribution in [0, 0.1) is 0 Å². The number of aromatic nitrogens is 2. The molecule has 3 rings (SSSR count). The number of quaternary nitrogens is 1. The molecule has 1 aliphatic rings. The molecule has 9 nitrogen and oxygen atoms in total. The topological polar surface area (TPSA) is 111 Å². The van der Waals surface area contributed by atoms with Crippen LogP contribution >= 0.6 is 0 Å². The Morgan fingerprint density at radius 2 is 1.89 bits per heavy atom. The average Bonchev–Trinajstić information content (AvgIpc) is 2.92. The van der Waals surface area contributed by atoms with Crippen LogP contribution in [0.3, 0.4) is 0 Å². The van der Waals surface area contributed by atoms with E-state index < -0.39 is 26.1 Å². The van der Waals surface area contributed by atoms with Crippen LogP contribution in [0.1, 0.15) is 20.8 Å². The number of fused-ring (bicyclic) bond motifs is 1. The lowest BCUT2D eigenvalue weighted by Gasteiger charge is -2.29. The highest BCUT2D eigenvalue weighted by atomic mass is 32.2. The van der Waals surface area contributed by atoms with E-state index >= 15 is 0 Å². The maximum absolute atomic E-state index is 12.5. The van der Waals surface area contributed by atoms with Gasteiger partial charge in [0, 0.05) is 24.6 Å². The monoisotopic (exact) mass is 390 g/mol. The first-order valence-electron chi connectivity index (χ1n) is 8.10. The number of aliphatic imine (C=N–C) groups is 1. The third kappa shape index (κ3) is 3.81. The second-order valence-electron chi connectivity index (χ2n) is 7.04. The number of ether oxygens (including phenoxy) is 1. The number of rotatable bonds is 3. The Labute approximate surface area is 157 Å². The van der Waals surface area contributed by atoms with Crippen LogP contribution in [0.25, 0.3) is 0 Å². The average molecular weight is 390 g/mol. The van der Waals surface area contributed by atoms with Gasteiger partial charge < -0.3 is 4.74 Å². The molecular weight excluding hydrogens is 370 g/mol. The molecule has 1 aliphatic heterocycles. The van der Waals surface area contributed by atoms with Gasteiger partial charge in [-0.25, -0.2) is 18.2 Å². The lowest BCUT2D eigenvalue weighted by molar-refractivity contribution is 0.0459. The Morgan fingerprint density at radius 3 is 2.56 bits per heavy atom. The summed E-state index contributed by atoms with van der Waals surface area (Å²) in [7, 11) is -3.64. The predicted molar refractivity (Wildman–Crippen MR) is 101 cm³/mol. The van der Waals surface area contributed by atoms with E-state index in [-0.39, 0.29) is 11.0 Å². The second kappa shape index (κ2) is 6.39. The molecule has 0 spiro atoms. The Bertz CT molecular complexity index is 1030. The van der Waals surface area contributed by atoms with Crippen LogP contribution < -0.4 is 10.0 Å². The molecule has 0 saturated heterocycles. The van der Waals surface area contributed by atoms with E-state index in [0.717, 1.165) is 6.26 Å². The molecule has 10 heteroatoms. The highest BCUT2D eigenvalue weighted by molar-refractivity contribution is 7.90. The van der Waals surface area contributed by atoms with Crippen molar-refractivity contribution in [3.8, 4) is 0 Å². The number of sulfone groups is 1. The van der Waals surface area contributed by atoms with Gasteiger partial charge in [-0.2, -0.15) is 9.98 Å². The van der Waals surface area contributed by atoms with E-state index in [0.29, 0.717) is 11.4 Å². The first kappa shape index (κ1) is 18.9. The van der Waals surface area contributed by atoms with Crippen molar-refractivity contribution in [2.75, 3.05) is 6.26 Å². The van der Waals surface area contributed by atoms with E-state index in [1.165, 1.54) is 18.6 Å². The number of nitrogens with one attached hydrogen (secondary N) is 1. The summed E-state index contributed by atoms with van der Waals surface area (Å²) in [5, 5.41) is -0.346. The van der Waals surface area contributed by atoms with Gasteiger partial charge >= 0.3 is 6.09 Å². The minimum Gasteiger partial charge on any atom is -0.441 e. The summed E-state index contributed by atoms with van der Waals surface area (Å²) in [5.41, 5.74) is 3.24. The zero-order chi connectivity index (χ0) is 19.9. The van der Waals surface area contributed by atoms with Crippen molar-refractivity contribution in [3.63, 3.8) is 0 Å². The fourth-order valence-electron chi connectivity index (χ4n) is 2.56. The molecule has 0 aliphatic carbocycles. The molecule has 1 amide bonds. The molecular formula is C17H20N5O4S+. The molecule has 142 valence electrons. The molecule has 0 radical (unpaired) electrons. The molecule has 27 heavy (non-hydrogen) atoms. The highest BCUT2D eigenvalue weighted by Gasteiger charge is 2.44. The van der Waals surface area contributed by atoms with Crippen molar-refractivity contribution in [1.82, 2.24) is 20.0 Å². The van der Waals surface area contributed by atoms with Crippen molar-refractivity contribution < 1.29 is 17.9 Å². The normalized spacial score (nSPS) is 18.8. The van der Waals surface area contributed by atoms with Crippen molar-refractivity contribution in [3.05, 3.63) is 36.5 Å². The molecule has 1 atom stereocenters. The fourth-order valence-corrected chi connectivity index (χ4v) is 3.08. The van der Waals surface area contributed by atoms with Gasteiger partial charge in [-0.15, -0.1) is 5.43 Å². The lowest BCUT2D eigenvalue weighted by Crippen LogP contribution is -2.57. The number of hydrogen-bond acceptors (Lipinski definition) is 7. The van der Waals surface area contributed by atoms with Gasteiger partial charge in [0.2, 0.25) is 16.2 Å². The number of hydrogen-bond donors (Lipinski definition) is 1. The minimum atomic E-state index is -3.64. The van der Waals surface area contributed by atoms with Crippen LogP contribution in [-0.2, 0) is 14.6 Å². The third-order valence-electron chi connectivity index (χ3n) is 3.61. The summed E-state index contributed by atoms with van der Waals surface area (Å²) in [6.07, 6.45) is 3.10. The van der Waals surface area contributed by atoms with Crippen LogP contribution in [-0.4, -0.2) is 42.7 Å². The van der Waals surface area contributed by atoms with Crippen molar-refractivity contribution >= 4 is 39.5 Å². The number of benzene rings is 1. The number of para-hydroxylation sites is 2. The zero-order valence-electron chi connectivity index (χ0n) is 15.4. The molecule has 1 N–H and O–H groups in total. The molecule has 1 aromatic carbocycles. The highest BCUT2D eigenvalue weighted by Crippen LogP contribution is 2.41. The lowest BCUT2D eigenvalue weighted by atomic mass is 10.2. The molecule has 0 bridgehead atoms. The van der Waals surface area contributed by atoms with E-state index in [4.69, 9.17) is 4.74 Å². The predicted octanol–water partition coefficient (Wildman–Crippen LogP) is 2.63. The van der Waals surface area contributed by atoms with Gasteiger partial charge in [0.25, 0.3) is 11.0 Å². The largest absolute Gasteiger partial charge is 0.453 e. The Kier molecular flexibility index (Phi) is 4.48. The van der Waals surface area contributed by atoms with Crippen molar-refractivity contribution in [2.45, 2.75) is 31.5 Å². The summed E-state index contributed by atoms with van der Waals surface area (Å²) in [6, 6.07) is 8.66. The van der Waals surface area contributed by atoms with Crippen LogP contribution in [0.4, 0.5) is 22.0 Å². The van der Waals surface area contributed by atoms with Crippen LogP contribution in [0.15, 0.2) is 46.7 Å². The molecule has 1 aromatic heterocycles. The van der Waals surface area contributed by atoms with Gasteiger partial charge in [0.1, 0.15) is 11.3 Å². The molecule has 1 unspecified atom stereocenters. The summed E-state index contributed by atoms with van der Waals surface area (Å²) in [6.45, 7) is 5.24. The SMILES string of the molecule is CC(C)(C)OC(=O)N[N+]1(c2ccnc(S(C)(=O)=O)n2)C=Nc2ccccc21. The van der Waals surface area contributed by atoms with E-state index in [9.17, 15) is 13.2 Å². The van der Waals surface area contributed by atoms with Gasteiger partial charge in [0.15, 0.2) is 5.69 Å². The molecule has 0 fully saturated rings. The van der Waals surface area contributed by atoms with Crippen LogP contribution in [0.5, 0.6) is 0 Å². The van der Waals surface area contributed by atoms with E-state index in [1.807, 2.05) is 6.07 Å². The second-order valence-corrected chi connectivity index (χ2v) is 8.95. The minimum absolute atomic E-state index is 0.213. The summed E-state index contributed by atoms with van der Waals surface area (Å²) >= 11 is 0. The third-order valence-corrected chi connectivity index (χ3v) is 4.47. The van der Waals surface area contributed by atoms with E-state index in [1.54, 1.807) is 39.0 Å². The summed E-state index contributed by atoms with van der Waals surface area (Å²) < 4.78 is 28.7. The van der Waals surface area contributed by atoms with Crippen molar-refractivity contribution in [2.24, 2.45) is 4.99 Å². The Hall–Kier alpha value is -2.85. The van der Waals surface area contributed by atoms with Gasteiger partial charge in [-0.3, -0.25) is 0 Å². The quantitative estimate of drug-likeness (QED) is 0.637. The van der Waals surface area contributed by atoms with Gasteiger partial charge in [-0.1, -0.05) is 16.7 Å². The fraction of sp³-hybridized carbons (Fsp3) is 0.294. The van der Waals surface area contributed by atoms with Crippen LogP contribution in [0.2, 0.25) is 0 Å². The first-order valence-corrected chi connectivity index (χ1v) is 9.99. The van der Waals surface area contributed by atoms with E-state index in [2.05, 4.69) is 20.4 Å². The maximum atomic E-state index is 12.5.